The zero-order valence-electron chi connectivity index (χ0n) is 11.2. The highest BCUT2D eigenvalue weighted by molar-refractivity contribution is 5.98. The van der Waals surface area contributed by atoms with E-state index in [9.17, 15) is 4.79 Å². The highest BCUT2D eigenvalue weighted by Gasteiger charge is 2.07. The number of amides is 1. The molecule has 0 spiro atoms. The summed E-state index contributed by atoms with van der Waals surface area (Å²) in [6, 6.07) is 5.73. The molecule has 100 valence electrons. The Bertz CT molecular complexity index is 417. The van der Waals surface area contributed by atoms with Gasteiger partial charge >= 0.3 is 0 Å². The number of anilines is 2. The maximum atomic E-state index is 11.2. The molecule has 0 saturated carbocycles. The second kappa shape index (κ2) is 6.26. The van der Waals surface area contributed by atoms with Gasteiger partial charge in [-0.1, -0.05) is 0 Å². The largest absolute Gasteiger partial charge is 0.398 e. The number of nitrogens with zero attached hydrogens (tertiary/aromatic N) is 1. The van der Waals surface area contributed by atoms with E-state index in [-0.39, 0.29) is 0 Å². The van der Waals surface area contributed by atoms with E-state index in [1.807, 2.05) is 6.07 Å². The fourth-order valence-electron chi connectivity index (χ4n) is 1.51. The minimum Gasteiger partial charge on any atom is -0.398 e. The summed E-state index contributed by atoms with van der Waals surface area (Å²) in [5.41, 5.74) is 12.5. The van der Waals surface area contributed by atoms with E-state index in [0.29, 0.717) is 17.3 Å². The Morgan fingerprint density at radius 1 is 1.44 bits per heavy atom. The van der Waals surface area contributed by atoms with Gasteiger partial charge in [0.15, 0.2) is 0 Å². The number of hydrogen-bond donors (Lipinski definition) is 3. The Hall–Kier alpha value is -1.75. The molecule has 18 heavy (non-hydrogen) atoms. The molecule has 5 nitrogen and oxygen atoms in total. The van der Waals surface area contributed by atoms with Crippen molar-refractivity contribution >= 4 is 17.3 Å². The Labute approximate surface area is 108 Å². The molecule has 0 aliphatic carbocycles. The quantitative estimate of drug-likeness (QED) is 0.661. The van der Waals surface area contributed by atoms with E-state index in [1.165, 1.54) is 0 Å². The average Bonchev–Trinajstić information content (AvgIpc) is 2.30. The number of primary amides is 1. The minimum atomic E-state index is -0.504. The Balaban J connectivity index is 2.58. The maximum absolute atomic E-state index is 11.2. The number of nitrogens with two attached hydrogens (primary N) is 2. The van der Waals surface area contributed by atoms with Crippen LogP contribution in [0.4, 0.5) is 11.4 Å². The van der Waals surface area contributed by atoms with Crippen molar-refractivity contribution in [3.05, 3.63) is 23.8 Å². The summed E-state index contributed by atoms with van der Waals surface area (Å²) in [5, 5.41) is 3.25. The molecule has 1 amide bonds. The third kappa shape index (κ3) is 3.92. The number of likely N-dealkylation sites (N-methyl/N-ethyl adjacent to an activating group) is 1. The molecule has 0 radical (unpaired) electrons. The van der Waals surface area contributed by atoms with E-state index >= 15 is 0 Å². The van der Waals surface area contributed by atoms with E-state index < -0.39 is 5.91 Å². The normalized spacial score (nSPS) is 10.9. The number of nitrogen functional groups attached to an aromatic ring is 1. The van der Waals surface area contributed by atoms with Crippen LogP contribution >= 0.6 is 0 Å². The van der Waals surface area contributed by atoms with Crippen molar-refractivity contribution in [2.24, 2.45) is 5.73 Å². The lowest BCUT2D eigenvalue weighted by Crippen LogP contribution is -2.31. The number of hydrogen-bond acceptors (Lipinski definition) is 4. The van der Waals surface area contributed by atoms with Crippen molar-refractivity contribution in [2.75, 3.05) is 31.2 Å². The number of carbonyl (C=O) groups excluding carboxylic acids is 1. The van der Waals surface area contributed by atoms with Crippen LogP contribution in [0.15, 0.2) is 18.2 Å². The molecule has 0 bridgehead atoms. The van der Waals surface area contributed by atoms with Crippen molar-refractivity contribution in [2.45, 2.75) is 19.9 Å². The molecule has 0 fully saturated rings. The summed E-state index contributed by atoms with van der Waals surface area (Å²) < 4.78 is 0. The molecular weight excluding hydrogens is 228 g/mol. The van der Waals surface area contributed by atoms with Crippen molar-refractivity contribution in [3.63, 3.8) is 0 Å². The van der Waals surface area contributed by atoms with Gasteiger partial charge in [0.05, 0.1) is 5.56 Å². The lowest BCUT2D eigenvalue weighted by atomic mass is 10.1. The van der Waals surface area contributed by atoms with Gasteiger partial charge in [-0.15, -0.1) is 0 Å². The van der Waals surface area contributed by atoms with Crippen LogP contribution in [0.1, 0.15) is 24.2 Å². The second-order valence-corrected chi connectivity index (χ2v) is 4.67. The van der Waals surface area contributed by atoms with Gasteiger partial charge in [-0.25, -0.2) is 0 Å². The number of rotatable bonds is 6. The van der Waals surface area contributed by atoms with Crippen LogP contribution in [0.3, 0.4) is 0 Å². The Morgan fingerprint density at radius 2 is 2.11 bits per heavy atom. The van der Waals surface area contributed by atoms with Crippen molar-refractivity contribution in [3.8, 4) is 0 Å². The lowest BCUT2D eigenvalue weighted by Gasteiger charge is -2.21. The molecule has 0 atom stereocenters. The first kappa shape index (κ1) is 14.3. The highest BCUT2D eigenvalue weighted by Crippen LogP contribution is 2.17. The fourth-order valence-corrected chi connectivity index (χ4v) is 1.51. The van der Waals surface area contributed by atoms with Crippen LogP contribution in [0, 0.1) is 0 Å². The predicted molar refractivity (Wildman–Crippen MR) is 75.6 cm³/mol. The number of nitrogens with one attached hydrogen (secondary N) is 1. The third-order valence-corrected chi connectivity index (χ3v) is 2.99. The van der Waals surface area contributed by atoms with Crippen molar-refractivity contribution in [1.82, 2.24) is 4.90 Å². The maximum Gasteiger partial charge on any atom is 0.250 e. The zero-order valence-corrected chi connectivity index (χ0v) is 11.2. The van der Waals surface area contributed by atoms with Gasteiger partial charge in [0.25, 0.3) is 5.91 Å². The summed E-state index contributed by atoms with van der Waals surface area (Å²) in [5.74, 6) is -0.504. The summed E-state index contributed by atoms with van der Waals surface area (Å²) in [6.07, 6.45) is 0. The van der Waals surface area contributed by atoms with Crippen LogP contribution in [-0.4, -0.2) is 37.0 Å². The molecule has 1 aromatic rings. The standard InChI is InChI=1S/C13H22N4O/c1-9(2)17(3)7-6-16-10-4-5-12(14)11(8-10)13(15)18/h4-5,8-9,16H,6-7,14H2,1-3H3,(H2,15,18). The van der Waals surface area contributed by atoms with Crippen LogP contribution < -0.4 is 16.8 Å². The fraction of sp³-hybridized carbons (Fsp3) is 0.462. The van der Waals surface area contributed by atoms with Gasteiger partial charge in [-0.2, -0.15) is 0 Å². The van der Waals surface area contributed by atoms with E-state index in [4.69, 9.17) is 11.5 Å². The van der Waals surface area contributed by atoms with Gasteiger partial charge in [0.2, 0.25) is 0 Å². The molecular formula is C13H22N4O. The zero-order chi connectivity index (χ0) is 13.7. The Kier molecular flexibility index (Phi) is 4.97. The Morgan fingerprint density at radius 3 is 2.67 bits per heavy atom. The molecule has 0 aromatic heterocycles. The monoisotopic (exact) mass is 250 g/mol. The van der Waals surface area contributed by atoms with E-state index in [1.54, 1.807) is 12.1 Å². The summed E-state index contributed by atoms with van der Waals surface area (Å²) >= 11 is 0. The third-order valence-electron chi connectivity index (χ3n) is 2.99. The molecule has 0 aliphatic heterocycles. The van der Waals surface area contributed by atoms with Gasteiger partial charge in [0.1, 0.15) is 0 Å². The molecule has 0 aliphatic rings. The minimum absolute atomic E-state index is 0.359. The van der Waals surface area contributed by atoms with Crippen LogP contribution in [0.2, 0.25) is 0 Å². The van der Waals surface area contributed by atoms with E-state index in [0.717, 1.165) is 18.8 Å². The second-order valence-electron chi connectivity index (χ2n) is 4.67. The molecule has 0 unspecified atom stereocenters. The molecule has 1 rings (SSSR count). The SMILES string of the molecule is CC(C)N(C)CCNc1ccc(N)c(C(N)=O)c1. The first-order chi connectivity index (χ1) is 8.41. The number of benzene rings is 1. The van der Waals surface area contributed by atoms with E-state index in [2.05, 4.69) is 31.1 Å². The van der Waals surface area contributed by atoms with Crippen LogP contribution in [0.5, 0.6) is 0 Å². The summed E-state index contributed by atoms with van der Waals surface area (Å²) in [7, 11) is 2.07. The topological polar surface area (TPSA) is 84.4 Å². The van der Waals surface area contributed by atoms with Gasteiger partial charge in [0, 0.05) is 30.5 Å². The lowest BCUT2D eigenvalue weighted by molar-refractivity contribution is 0.100. The smallest absolute Gasteiger partial charge is 0.250 e. The molecule has 5 heteroatoms. The first-order valence-electron chi connectivity index (χ1n) is 6.05. The van der Waals surface area contributed by atoms with Gasteiger partial charge < -0.3 is 21.7 Å². The van der Waals surface area contributed by atoms with Gasteiger partial charge in [-0.3, -0.25) is 4.79 Å². The molecule has 5 N–H and O–H groups in total. The number of carbonyl (C=O) groups is 1. The van der Waals surface area contributed by atoms with Crippen molar-refractivity contribution < 1.29 is 4.79 Å². The summed E-state index contributed by atoms with van der Waals surface area (Å²) in [4.78, 5) is 13.4. The highest BCUT2D eigenvalue weighted by atomic mass is 16.1. The van der Waals surface area contributed by atoms with Crippen molar-refractivity contribution in [1.29, 1.82) is 0 Å². The molecule has 0 heterocycles. The summed E-state index contributed by atoms with van der Waals surface area (Å²) in [6.45, 7) is 6.02. The van der Waals surface area contributed by atoms with Crippen LogP contribution in [0.25, 0.3) is 0 Å². The average molecular weight is 250 g/mol. The first-order valence-corrected chi connectivity index (χ1v) is 6.05. The van der Waals surface area contributed by atoms with Gasteiger partial charge in [-0.05, 0) is 39.1 Å². The molecule has 1 aromatic carbocycles. The predicted octanol–water partition coefficient (Wildman–Crippen LogP) is 1.12. The van der Waals surface area contributed by atoms with Crippen LogP contribution in [-0.2, 0) is 0 Å². The molecule has 0 saturated heterocycles.